The molecule has 2 amide bonds. The van der Waals surface area contributed by atoms with Crippen LogP contribution in [0.2, 0.25) is 0 Å². The summed E-state index contributed by atoms with van der Waals surface area (Å²) in [5, 5.41) is 2.79. The lowest BCUT2D eigenvalue weighted by Crippen LogP contribution is -2.35. The van der Waals surface area contributed by atoms with Gasteiger partial charge in [0.1, 0.15) is 11.9 Å². The van der Waals surface area contributed by atoms with Crippen molar-refractivity contribution in [2.45, 2.75) is 17.9 Å². The van der Waals surface area contributed by atoms with E-state index in [1.54, 1.807) is 24.3 Å². The van der Waals surface area contributed by atoms with E-state index in [0.29, 0.717) is 21.8 Å². The highest BCUT2D eigenvalue weighted by Gasteiger charge is 2.33. The molecule has 0 aromatic heterocycles. The molecule has 0 radical (unpaired) electrons. The van der Waals surface area contributed by atoms with Gasteiger partial charge in [-0.25, -0.2) is 9.18 Å². The van der Waals surface area contributed by atoms with Gasteiger partial charge in [0.25, 0.3) is 5.91 Å². The van der Waals surface area contributed by atoms with Gasteiger partial charge in [-0.3, -0.25) is 9.69 Å². The Morgan fingerprint density at radius 2 is 2.03 bits per heavy atom. The first kappa shape index (κ1) is 21.8. The van der Waals surface area contributed by atoms with Crippen molar-refractivity contribution in [3.05, 3.63) is 53.3 Å². The van der Waals surface area contributed by atoms with E-state index in [-0.39, 0.29) is 24.8 Å². The first-order valence-corrected chi connectivity index (χ1v) is 11.7. The van der Waals surface area contributed by atoms with Gasteiger partial charge in [-0.15, -0.1) is 12.6 Å². The van der Waals surface area contributed by atoms with Gasteiger partial charge in [-0.05, 0) is 37.3 Å². The third-order valence-corrected chi connectivity index (χ3v) is 6.69. The van der Waals surface area contributed by atoms with Crippen molar-refractivity contribution in [2.24, 2.45) is 0 Å². The van der Waals surface area contributed by atoms with Crippen molar-refractivity contribution in [2.75, 3.05) is 47.5 Å². The van der Waals surface area contributed by atoms with Crippen LogP contribution in [0.1, 0.15) is 15.9 Å². The predicted octanol–water partition coefficient (Wildman–Crippen LogP) is 3.73. The molecule has 2 aliphatic heterocycles. The molecule has 0 saturated carbocycles. The fraction of sp³-hybridized carbons (Fsp3) is 0.364. The smallest absolute Gasteiger partial charge is 0.414 e. The van der Waals surface area contributed by atoms with Gasteiger partial charge in [0.05, 0.1) is 30.0 Å². The number of aryl methyl sites for hydroxylation is 1. The van der Waals surface area contributed by atoms with E-state index in [1.165, 1.54) is 11.0 Å². The maximum Gasteiger partial charge on any atom is 0.414 e. The van der Waals surface area contributed by atoms with Crippen LogP contribution in [0.25, 0.3) is 0 Å². The molecule has 2 fully saturated rings. The molecule has 4 rings (SSSR count). The molecule has 0 bridgehead atoms. The van der Waals surface area contributed by atoms with Gasteiger partial charge >= 0.3 is 6.09 Å². The van der Waals surface area contributed by atoms with Crippen molar-refractivity contribution in [1.29, 1.82) is 0 Å². The minimum absolute atomic E-state index is 0.161. The molecule has 6 nitrogen and oxygen atoms in total. The molecule has 0 unspecified atom stereocenters. The van der Waals surface area contributed by atoms with Crippen LogP contribution in [0.3, 0.4) is 0 Å². The maximum atomic E-state index is 14.7. The summed E-state index contributed by atoms with van der Waals surface area (Å²) in [4.78, 5) is 28.8. The zero-order chi connectivity index (χ0) is 22.0. The summed E-state index contributed by atoms with van der Waals surface area (Å²) in [5.41, 5.74) is 2.43. The van der Waals surface area contributed by atoms with Crippen molar-refractivity contribution >= 4 is 47.8 Å². The average Bonchev–Trinajstić information content (AvgIpc) is 3.14. The van der Waals surface area contributed by atoms with Crippen LogP contribution >= 0.6 is 24.4 Å². The minimum atomic E-state index is -0.550. The lowest BCUT2D eigenvalue weighted by Gasteiger charge is -2.29. The first-order valence-electron chi connectivity index (χ1n) is 10.1. The normalized spacial score (nSPS) is 18.8. The van der Waals surface area contributed by atoms with Crippen LogP contribution in [0.5, 0.6) is 0 Å². The van der Waals surface area contributed by atoms with E-state index in [4.69, 9.17) is 4.74 Å². The molecule has 2 heterocycles. The second-order valence-corrected chi connectivity index (χ2v) is 9.29. The molecular formula is C22H24FN3O3S2. The van der Waals surface area contributed by atoms with E-state index in [2.05, 4.69) is 17.9 Å². The molecule has 2 aromatic carbocycles. The molecule has 2 aromatic rings. The molecular weight excluding hydrogens is 437 g/mol. The number of benzene rings is 2. The highest BCUT2D eigenvalue weighted by atomic mass is 32.2. The highest BCUT2D eigenvalue weighted by molar-refractivity contribution is 7.99. The Kier molecular flexibility index (Phi) is 6.62. The molecule has 31 heavy (non-hydrogen) atoms. The van der Waals surface area contributed by atoms with Crippen LogP contribution in [-0.4, -0.2) is 55.8 Å². The van der Waals surface area contributed by atoms with Gasteiger partial charge in [0.2, 0.25) is 0 Å². The number of carbonyl (C=O) groups excluding carboxylic acids is 2. The van der Waals surface area contributed by atoms with Gasteiger partial charge in [-0.2, -0.15) is 11.8 Å². The summed E-state index contributed by atoms with van der Waals surface area (Å²) < 4.78 is 20.1. The van der Waals surface area contributed by atoms with E-state index < -0.39 is 12.2 Å². The van der Waals surface area contributed by atoms with Crippen molar-refractivity contribution in [3.8, 4) is 0 Å². The summed E-state index contributed by atoms with van der Waals surface area (Å²) >= 11 is 6.19. The molecule has 0 aliphatic carbocycles. The molecule has 9 heteroatoms. The number of amides is 2. The molecule has 0 spiro atoms. The first-order chi connectivity index (χ1) is 14.9. The number of hydrogen-bond acceptors (Lipinski definition) is 6. The Morgan fingerprint density at radius 3 is 2.77 bits per heavy atom. The number of anilines is 2. The van der Waals surface area contributed by atoms with Gasteiger partial charge in [0.15, 0.2) is 0 Å². The van der Waals surface area contributed by atoms with E-state index >= 15 is 0 Å². The number of ether oxygens (including phenoxy) is 1. The van der Waals surface area contributed by atoms with Crippen LogP contribution in [0.15, 0.2) is 41.3 Å². The second-order valence-electron chi connectivity index (χ2n) is 7.58. The standard InChI is InChI=1S/C22H24FN3O3S2/c1-14-2-5-20(30)17(10-14)21(27)24-12-16-13-26(22(28)29-16)15-3-4-19(18(23)11-15)25-6-8-31-9-7-25/h2-5,10-11,16,30H,6-9,12-13H2,1H3,(H,24,27)/t16-/m0/s1. The number of thioether (sulfide) groups is 1. The highest BCUT2D eigenvalue weighted by Crippen LogP contribution is 2.29. The SMILES string of the molecule is Cc1ccc(S)c(C(=O)NC[C@H]2CN(c3ccc(N4CCSCC4)c(F)c3)C(=O)O2)c1. The van der Waals surface area contributed by atoms with Crippen LogP contribution in [0.4, 0.5) is 20.6 Å². The number of rotatable bonds is 5. The Balaban J connectivity index is 1.38. The Morgan fingerprint density at radius 1 is 1.26 bits per heavy atom. The number of hydrogen-bond donors (Lipinski definition) is 2. The van der Waals surface area contributed by atoms with Gasteiger partial charge < -0.3 is 15.0 Å². The third-order valence-electron chi connectivity index (χ3n) is 5.36. The number of nitrogens with zero attached hydrogens (tertiary/aromatic N) is 2. The van der Waals surface area contributed by atoms with E-state index in [0.717, 1.165) is 30.2 Å². The zero-order valence-electron chi connectivity index (χ0n) is 17.1. The fourth-order valence-corrected chi connectivity index (χ4v) is 4.84. The second kappa shape index (κ2) is 9.40. The molecule has 1 atom stereocenters. The summed E-state index contributed by atoms with van der Waals surface area (Å²) in [6.07, 6.45) is -1.07. The molecule has 1 N–H and O–H groups in total. The van der Waals surface area contributed by atoms with Gasteiger partial charge in [-0.1, -0.05) is 11.6 Å². The largest absolute Gasteiger partial charge is 0.442 e. The topological polar surface area (TPSA) is 61.9 Å². The molecule has 2 saturated heterocycles. The van der Waals surface area contributed by atoms with E-state index in [1.807, 2.05) is 29.7 Å². The molecule has 164 valence electrons. The Labute approximate surface area is 190 Å². The number of nitrogens with one attached hydrogen (secondary N) is 1. The summed E-state index contributed by atoms with van der Waals surface area (Å²) in [5.74, 6) is 1.32. The zero-order valence-corrected chi connectivity index (χ0v) is 18.8. The van der Waals surface area contributed by atoms with Crippen LogP contribution < -0.4 is 15.1 Å². The third kappa shape index (κ3) is 4.93. The number of halogens is 1. The summed E-state index contributed by atoms with van der Waals surface area (Å²) in [6, 6.07) is 10.2. The minimum Gasteiger partial charge on any atom is -0.442 e. The number of cyclic esters (lactones) is 1. The number of carbonyl (C=O) groups is 2. The molecule has 2 aliphatic rings. The van der Waals surface area contributed by atoms with Crippen molar-refractivity contribution in [3.63, 3.8) is 0 Å². The van der Waals surface area contributed by atoms with Crippen LogP contribution in [-0.2, 0) is 4.74 Å². The predicted molar refractivity (Wildman–Crippen MR) is 124 cm³/mol. The lowest BCUT2D eigenvalue weighted by molar-refractivity contribution is 0.0913. The van der Waals surface area contributed by atoms with Crippen LogP contribution in [0, 0.1) is 12.7 Å². The van der Waals surface area contributed by atoms with E-state index in [9.17, 15) is 14.0 Å². The number of thiol groups is 1. The average molecular weight is 462 g/mol. The quantitative estimate of drug-likeness (QED) is 0.665. The van der Waals surface area contributed by atoms with Crippen molar-refractivity contribution in [1.82, 2.24) is 5.32 Å². The Hall–Kier alpha value is -2.39. The summed E-state index contributed by atoms with van der Waals surface area (Å²) in [7, 11) is 0. The lowest BCUT2D eigenvalue weighted by atomic mass is 10.1. The fourth-order valence-electron chi connectivity index (χ4n) is 3.70. The Bertz CT molecular complexity index is 998. The maximum absolute atomic E-state index is 14.7. The van der Waals surface area contributed by atoms with Crippen molar-refractivity contribution < 1.29 is 18.7 Å². The monoisotopic (exact) mass is 461 g/mol. The van der Waals surface area contributed by atoms with Gasteiger partial charge in [0, 0.05) is 29.5 Å². The summed E-state index contributed by atoms with van der Waals surface area (Å²) in [6.45, 7) is 3.91.